The Hall–Kier alpha value is -3.67. The number of allylic oxidation sites excluding steroid dienone is 2. The molecule has 0 radical (unpaired) electrons. The van der Waals surface area contributed by atoms with Crippen LogP contribution in [-0.2, 0) is 14.3 Å². The molecule has 1 atom stereocenters. The Bertz CT molecular complexity index is 1000. The van der Waals surface area contributed by atoms with Gasteiger partial charge < -0.3 is 15.2 Å². The molecule has 0 fully saturated rings. The minimum atomic E-state index is -1.25. The molecule has 2 rings (SSSR count). The largest absolute Gasteiger partial charge is 0.478 e. The maximum absolute atomic E-state index is 13.1. The van der Waals surface area contributed by atoms with E-state index in [-0.39, 0.29) is 23.3 Å². The molecule has 1 unspecified atom stereocenters. The van der Waals surface area contributed by atoms with Crippen molar-refractivity contribution in [2.24, 2.45) is 0 Å². The third kappa shape index (κ3) is 4.84. The number of nitrogens with zero attached hydrogens (tertiary/aromatic N) is 2. The monoisotopic (exact) mass is 413 g/mol. The van der Waals surface area contributed by atoms with Crippen molar-refractivity contribution in [3.05, 3.63) is 62.5 Å². The summed E-state index contributed by atoms with van der Waals surface area (Å²) in [6.45, 7) is 6.51. The van der Waals surface area contributed by atoms with Crippen molar-refractivity contribution in [2.45, 2.75) is 52.1 Å². The Morgan fingerprint density at radius 3 is 2.50 bits per heavy atom. The first kappa shape index (κ1) is 22.6. The molecule has 1 aromatic rings. The van der Waals surface area contributed by atoms with Gasteiger partial charge in [-0.25, -0.2) is 9.59 Å². The summed E-state index contributed by atoms with van der Waals surface area (Å²) in [7, 11) is 0. The van der Waals surface area contributed by atoms with Gasteiger partial charge in [-0.2, -0.15) is 5.26 Å². The van der Waals surface area contributed by atoms with Crippen LogP contribution in [0, 0.1) is 21.4 Å². The van der Waals surface area contributed by atoms with Crippen LogP contribution < -0.4 is 5.32 Å². The molecule has 1 heterocycles. The van der Waals surface area contributed by atoms with Gasteiger partial charge in [-0.15, -0.1) is 0 Å². The molecule has 0 saturated heterocycles. The number of carbonyl (C=O) groups excluding carboxylic acids is 1. The Morgan fingerprint density at radius 2 is 1.93 bits per heavy atom. The van der Waals surface area contributed by atoms with Crippen LogP contribution in [0.5, 0.6) is 0 Å². The fourth-order valence-corrected chi connectivity index (χ4v) is 3.41. The Balaban J connectivity index is 2.59. The molecule has 2 N–H and O–H groups in total. The molecule has 0 saturated carbocycles. The number of carboxylic acid groups (broad SMARTS) is 1. The van der Waals surface area contributed by atoms with Crippen LogP contribution in [0.3, 0.4) is 0 Å². The van der Waals surface area contributed by atoms with Crippen molar-refractivity contribution < 1.29 is 24.4 Å². The second-order valence-electron chi connectivity index (χ2n) is 7.60. The molecular formula is C21H23N3O6. The number of carbonyl (C=O) groups is 2. The maximum Gasteiger partial charge on any atom is 0.337 e. The lowest BCUT2D eigenvalue weighted by Crippen LogP contribution is -2.35. The number of nitrogens with one attached hydrogen (secondary N) is 1. The number of esters is 1. The minimum absolute atomic E-state index is 0.0588. The van der Waals surface area contributed by atoms with Crippen LogP contribution in [0.15, 0.2) is 46.8 Å². The van der Waals surface area contributed by atoms with Crippen LogP contribution in [0.1, 0.15) is 52.0 Å². The number of nitro groups is 1. The highest BCUT2D eigenvalue weighted by Crippen LogP contribution is 2.40. The standard InChI is InChI=1S/C21H23N3O6/c1-12-16(19(25)26)18(14-7-5-8-15(11-14)24(28)29)17(13(2)23-12)20(27)30-21(3,4)9-6-10-22/h5,7-8,11,18,23H,6,9H2,1-4H3,(H,25,26). The van der Waals surface area contributed by atoms with E-state index in [4.69, 9.17) is 10.00 Å². The molecule has 0 spiro atoms. The van der Waals surface area contributed by atoms with E-state index in [1.807, 2.05) is 6.07 Å². The summed E-state index contributed by atoms with van der Waals surface area (Å²) >= 11 is 0. The second kappa shape index (κ2) is 8.78. The van der Waals surface area contributed by atoms with Crippen molar-refractivity contribution in [3.63, 3.8) is 0 Å². The number of carboxylic acids is 1. The zero-order valence-electron chi connectivity index (χ0n) is 17.2. The second-order valence-corrected chi connectivity index (χ2v) is 7.60. The van der Waals surface area contributed by atoms with Crippen molar-refractivity contribution in [1.82, 2.24) is 5.32 Å². The molecule has 1 aliphatic heterocycles. The molecule has 9 heteroatoms. The highest BCUT2D eigenvalue weighted by molar-refractivity contribution is 5.99. The number of dihydropyridines is 1. The van der Waals surface area contributed by atoms with Crippen LogP contribution in [0.4, 0.5) is 5.69 Å². The highest BCUT2D eigenvalue weighted by Gasteiger charge is 2.39. The van der Waals surface area contributed by atoms with Gasteiger partial charge in [0.1, 0.15) is 5.60 Å². The molecule has 30 heavy (non-hydrogen) atoms. The normalized spacial score (nSPS) is 16.6. The van der Waals surface area contributed by atoms with Crippen LogP contribution in [0.2, 0.25) is 0 Å². The summed E-state index contributed by atoms with van der Waals surface area (Å²) in [5.74, 6) is -3.05. The summed E-state index contributed by atoms with van der Waals surface area (Å²) < 4.78 is 5.61. The van der Waals surface area contributed by atoms with Gasteiger partial charge in [0.15, 0.2) is 0 Å². The predicted molar refractivity (Wildman–Crippen MR) is 107 cm³/mol. The first-order valence-corrected chi connectivity index (χ1v) is 9.25. The number of aliphatic carboxylic acids is 1. The molecule has 1 aromatic carbocycles. The predicted octanol–water partition coefficient (Wildman–Crippen LogP) is 3.54. The SMILES string of the molecule is CC1=C(C(=O)O)C(c2cccc([N+](=O)[O-])c2)C(C(=O)OC(C)(C)CCC#N)=C(C)N1. The molecule has 0 amide bonds. The van der Waals surface area contributed by atoms with Crippen LogP contribution in [-0.4, -0.2) is 27.6 Å². The van der Waals surface area contributed by atoms with E-state index in [1.54, 1.807) is 33.8 Å². The van der Waals surface area contributed by atoms with Crippen molar-refractivity contribution >= 4 is 17.6 Å². The van der Waals surface area contributed by atoms with Gasteiger partial charge in [-0.05, 0) is 39.7 Å². The first-order valence-electron chi connectivity index (χ1n) is 9.25. The van der Waals surface area contributed by atoms with Gasteiger partial charge in [0, 0.05) is 29.9 Å². The Morgan fingerprint density at radius 1 is 1.30 bits per heavy atom. The lowest BCUT2D eigenvalue weighted by atomic mass is 9.80. The number of nitriles is 1. The molecule has 1 aliphatic rings. The lowest BCUT2D eigenvalue weighted by molar-refractivity contribution is -0.384. The summed E-state index contributed by atoms with van der Waals surface area (Å²) in [4.78, 5) is 35.8. The smallest absolute Gasteiger partial charge is 0.337 e. The summed E-state index contributed by atoms with van der Waals surface area (Å²) in [6.07, 6.45) is 0.487. The van der Waals surface area contributed by atoms with Crippen molar-refractivity contribution in [1.29, 1.82) is 5.26 Å². The number of benzene rings is 1. The average molecular weight is 413 g/mol. The van der Waals surface area contributed by atoms with Crippen LogP contribution in [0.25, 0.3) is 0 Å². The Labute approximate surface area is 173 Å². The van der Waals surface area contributed by atoms with E-state index in [9.17, 15) is 24.8 Å². The first-order chi connectivity index (χ1) is 14.0. The van der Waals surface area contributed by atoms with E-state index in [0.717, 1.165) is 0 Å². The van der Waals surface area contributed by atoms with Gasteiger partial charge in [0.2, 0.25) is 0 Å². The van der Waals surface area contributed by atoms with Gasteiger partial charge in [0.05, 0.1) is 28.1 Å². The van der Waals surface area contributed by atoms with Gasteiger partial charge in [-0.1, -0.05) is 12.1 Å². The summed E-state index contributed by atoms with van der Waals surface area (Å²) in [5, 5.41) is 32.7. The third-order valence-electron chi connectivity index (χ3n) is 4.83. The van der Waals surface area contributed by atoms with Gasteiger partial charge in [0.25, 0.3) is 5.69 Å². The quantitative estimate of drug-likeness (QED) is 0.392. The fourth-order valence-electron chi connectivity index (χ4n) is 3.41. The number of non-ortho nitro benzene ring substituents is 1. The number of rotatable bonds is 7. The van der Waals surface area contributed by atoms with E-state index >= 15 is 0 Å². The van der Waals surface area contributed by atoms with E-state index in [2.05, 4.69) is 5.32 Å². The van der Waals surface area contributed by atoms with E-state index in [0.29, 0.717) is 23.4 Å². The Kier molecular flexibility index (Phi) is 6.62. The molecular weight excluding hydrogens is 390 g/mol. The number of hydrogen-bond acceptors (Lipinski definition) is 7. The van der Waals surface area contributed by atoms with Crippen LogP contribution >= 0.6 is 0 Å². The topological polar surface area (TPSA) is 143 Å². The zero-order valence-corrected chi connectivity index (χ0v) is 17.2. The summed E-state index contributed by atoms with van der Waals surface area (Å²) in [6, 6.07) is 7.54. The van der Waals surface area contributed by atoms with E-state index < -0.39 is 28.4 Å². The lowest BCUT2D eigenvalue weighted by Gasteiger charge is -2.32. The average Bonchev–Trinajstić information content (AvgIpc) is 2.65. The maximum atomic E-state index is 13.1. The summed E-state index contributed by atoms with van der Waals surface area (Å²) in [5.41, 5.74) is -0.178. The van der Waals surface area contributed by atoms with Crippen molar-refractivity contribution in [3.8, 4) is 6.07 Å². The minimum Gasteiger partial charge on any atom is -0.478 e. The molecule has 0 bridgehead atoms. The molecule has 158 valence electrons. The number of nitro benzene ring substituents is 1. The van der Waals surface area contributed by atoms with E-state index in [1.165, 1.54) is 18.2 Å². The third-order valence-corrected chi connectivity index (χ3v) is 4.83. The molecule has 0 aliphatic carbocycles. The zero-order chi connectivity index (χ0) is 22.6. The van der Waals surface area contributed by atoms with Crippen molar-refractivity contribution in [2.75, 3.05) is 0 Å². The number of hydrogen-bond donors (Lipinski definition) is 2. The molecule has 9 nitrogen and oxygen atoms in total. The fraction of sp³-hybridized carbons (Fsp3) is 0.381. The molecule has 0 aromatic heterocycles. The number of ether oxygens (including phenoxy) is 1. The van der Waals surface area contributed by atoms with Gasteiger partial charge in [-0.3, -0.25) is 10.1 Å². The van der Waals surface area contributed by atoms with Gasteiger partial charge >= 0.3 is 11.9 Å². The highest BCUT2D eigenvalue weighted by atomic mass is 16.6.